The molecule has 0 amide bonds. The number of hydrogen-bond acceptors (Lipinski definition) is 3. The van der Waals surface area contributed by atoms with Crippen LogP contribution < -0.4 is 0 Å². The molecule has 0 bridgehead atoms. The average molecular weight is 402 g/mol. The predicted molar refractivity (Wildman–Crippen MR) is 127 cm³/mol. The Kier molecular flexibility index (Phi) is 5.62. The van der Waals surface area contributed by atoms with E-state index < -0.39 is 0 Å². The lowest BCUT2D eigenvalue weighted by Crippen LogP contribution is -2.13. The second-order valence-corrected chi connectivity index (χ2v) is 11.2. The fraction of sp³-hybridized carbons (Fsp3) is 0.444. The first-order chi connectivity index (χ1) is 13.7. The van der Waals surface area contributed by atoms with Gasteiger partial charge in [0.2, 0.25) is 0 Å². The van der Waals surface area contributed by atoms with Crippen molar-refractivity contribution in [3.63, 3.8) is 0 Å². The second kappa shape index (κ2) is 7.61. The van der Waals surface area contributed by atoms with E-state index >= 15 is 0 Å². The van der Waals surface area contributed by atoms with Gasteiger partial charge in [0, 0.05) is 12.4 Å². The summed E-state index contributed by atoms with van der Waals surface area (Å²) in [4.78, 5) is 14.4. The lowest BCUT2D eigenvalue weighted by Gasteiger charge is -2.22. The molecule has 158 valence electrons. The third-order valence-electron chi connectivity index (χ3n) is 5.48. The molecule has 0 saturated carbocycles. The first-order valence-electron chi connectivity index (χ1n) is 10.7. The zero-order valence-electron chi connectivity index (χ0n) is 20.0. The van der Waals surface area contributed by atoms with E-state index in [9.17, 15) is 0 Å². The Morgan fingerprint density at radius 1 is 0.467 bits per heavy atom. The summed E-state index contributed by atoms with van der Waals surface area (Å²) in [7, 11) is 0. The van der Waals surface area contributed by atoms with Gasteiger partial charge in [-0.1, -0.05) is 74.4 Å². The van der Waals surface area contributed by atoms with Gasteiger partial charge in [0.05, 0.1) is 22.8 Å². The lowest BCUT2D eigenvalue weighted by atomic mass is 9.85. The summed E-state index contributed by atoms with van der Waals surface area (Å²) in [6.45, 7) is 19.9. The molecule has 3 aromatic rings. The van der Waals surface area contributed by atoms with Crippen molar-refractivity contribution in [1.29, 1.82) is 0 Å². The van der Waals surface area contributed by atoms with Crippen LogP contribution in [0.5, 0.6) is 0 Å². The molecule has 3 heterocycles. The lowest BCUT2D eigenvalue weighted by molar-refractivity contribution is 0.587. The largest absolute Gasteiger partial charge is 0.254 e. The normalized spacial score (nSPS) is 12.8. The third kappa shape index (κ3) is 4.95. The third-order valence-corrected chi connectivity index (χ3v) is 5.48. The molecule has 3 heteroatoms. The van der Waals surface area contributed by atoms with Crippen molar-refractivity contribution in [2.24, 2.45) is 0 Å². The molecular formula is C27H35N3. The SMILES string of the molecule is CC(C)(C)c1ccc(-c2cc(C(C)(C)C)cc(-c3ccc(C(C)(C)C)cn3)n2)nc1. The summed E-state index contributed by atoms with van der Waals surface area (Å²) >= 11 is 0. The van der Waals surface area contributed by atoms with Crippen LogP contribution in [0.3, 0.4) is 0 Å². The van der Waals surface area contributed by atoms with Crippen molar-refractivity contribution in [3.8, 4) is 22.8 Å². The predicted octanol–water partition coefficient (Wildman–Crippen LogP) is 7.10. The molecule has 0 N–H and O–H groups in total. The van der Waals surface area contributed by atoms with E-state index in [1.807, 2.05) is 12.4 Å². The molecule has 0 aromatic carbocycles. The minimum atomic E-state index is 0.00312. The monoisotopic (exact) mass is 401 g/mol. The summed E-state index contributed by atoms with van der Waals surface area (Å²) in [5, 5.41) is 0. The molecule has 0 aliphatic carbocycles. The van der Waals surface area contributed by atoms with Gasteiger partial charge in [-0.2, -0.15) is 0 Å². The topological polar surface area (TPSA) is 38.7 Å². The van der Waals surface area contributed by atoms with Crippen molar-refractivity contribution < 1.29 is 0 Å². The van der Waals surface area contributed by atoms with Gasteiger partial charge in [-0.05, 0) is 57.2 Å². The highest BCUT2D eigenvalue weighted by Crippen LogP contribution is 2.31. The Labute approximate surface area is 182 Å². The van der Waals surface area contributed by atoms with Crippen molar-refractivity contribution in [1.82, 2.24) is 15.0 Å². The first-order valence-corrected chi connectivity index (χ1v) is 10.7. The van der Waals surface area contributed by atoms with Crippen LogP contribution in [0.25, 0.3) is 22.8 Å². The number of rotatable bonds is 2. The van der Waals surface area contributed by atoms with Gasteiger partial charge in [-0.25, -0.2) is 4.98 Å². The van der Waals surface area contributed by atoms with Crippen LogP contribution >= 0.6 is 0 Å². The standard InChI is InChI=1S/C27H35N3/c1-25(2,3)18-10-12-21(28-16-18)23-14-20(27(7,8)9)15-24(30-23)22-13-11-19(17-29-22)26(4,5)6/h10-17H,1-9H3. The molecule has 30 heavy (non-hydrogen) atoms. The van der Waals surface area contributed by atoms with Gasteiger partial charge in [-0.15, -0.1) is 0 Å². The summed E-state index contributed by atoms with van der Waals surface area (Å²) in [5.74, 6) is 0. The average Bonchev–Trinajstić information content (AvgIpc) is 2.66. The van der Waals surface area contributed by atoms with E-state index in [-0.39, 0.29) is 16.2 Å². The molecule has 0 radical (unpaired) electrons. The van der Waals surface area contributed by atoms with E-state index in [4.69, 9.17) is 15.0 Å². The van der Waals surface area contributed by atoms with Crippen molar-refractivity contribution in [2.75, 3.05) is 0 Å². The fourth-order valence-corrected chi connectivity index (χ4v) is 3.20. The van der Waals surface area contributed by atoms with Crippen LogP contribution in [0.2, 0.25) is 0 Å². The van der Waals surface area contributed by atoms with Gasteiger partial charge in [0.15, 0.2) is 0 Å². The van der Waals surface area contributed by atoms with Crippen LogP contribution in [0.15, 0.2) is 48.8 Å². The maximum Gasteiger partial charge on any atom is 0.0897 e. The summed E-state index contributed by atoms with van der Waals surface area (Å²) in [6.07, 6.45) is 3.94. The van der Waals surface area contributed by atoms with Gasteiger partial charge in [0.1, 0.15) is 0 Å². The van der Waals surface area contributed by atoms with E-state index in [1.165, 1.54) is 16.7 Å². The highest BCUT2D eigenvalue weighted by atomic mass is 14.8. The van der Waals surface area contributed by atoms with Crippen LogP contribution in [0, 0.1) is 0 Å². The molecular weight excluding hydrogens is 366 g/mol. The zero-order valence-corrected chi connectivity index (χ0v) is 20.0. The molecule has 0 spiro atoms. The van der Waals surface area contributed by atoms with Gasteiger partial charge in [0.25, 0.3) is 0 Å². The van der Waals surface area contributed by atoms with Gasteiger partial charge < -0.3 is 0 Å². The van der Waals surface area contributed by atoms with Crippen LogP contribution in [-0.2, 0) is 16.2 Å². The smallest absolute Gasteiger partial charge is 0.0897 e. The molecule has 3 aromatic heterocycles. The first kappa shape index (κ1) is 22.1. The Hall–Kier alpha value is -2.55. The Bertz CT molecular complexity index is 934. The summed E-state index contributed by atoms with van der Waals surface area (Å²) in [5.41, 5.74) is 7.39. The van der Waals surface area contributed by atoms with E-state index in [0.717, 1.165) is 22.8 Å². The Balaban J connectivity index is 2.09. The number of nitrogens with zero attached hydrogens (tertiary/aromatic N) is 3. The number of pyridine rings is 3. The number of hydrogen-bond donors (Lipinski definition) is 0. The van der Waals surface area contributed by atoms with E-state index in [0.29, 0.717) is 0 Å². The second-order valence-electron chi connectivity index (χ2n) is 11.2. The molecule has 0 saturated heterocycles. The van der Waals surface area contributed by atoms with Gasteiger partial charge in [-0.3, -0.25) is 9.97 Å². The molecule has 0 atom stereocenters. The van der Waals surface area contributed by atoms with Gasteiger partial charge >= 0.3 is 0 Å². The summed E-state index contributed by atoms with van der Waals surface area (Å²) in [6, 6.07) is 12.8. The minimum absolute atomic E-state index is 0.00312. The molecule has 0 aliphatic heterocycles. The molecule has 0 unspecified atom stereocenters. The van der Waals surface area contributed by atoms with Crippen molar-refractivity contribution in [2.45, 2.75) is 78.6 Å². The maximum absolute atomic E-state index is 4.95. The summed E-state index contributed by atoms with van der Waals surface area (Å²) < 4.78 is 0. The van der Waals surface area contributed by atoms with Crippen molar-refractivity contribution in [3.05, 3.63) is 65.5 Å². The quantitative estimate of drug-likeness (QED) is 0.460. The van der Waals surface area contributed by atoms with E-state index in [2.05, 4.69) is 98.7 Å². The van der Waals surface area contributed by atoms with E-state index in [1.54, 1.807) is 0 Å². The molecule has 0 aliphatic rings. The zero-order chi connectivity index (χ0) is 22.3. The number of aromatic nitrogens is 3. The van der Waals surface area contributed by atoms with Crippen LogP contribution in [0.4, 0.5) is 0 Å². The molecule has 0 fully saturated rings. The molecule has 3 rings (SSSR count). The van der Waals surface area contributed by atoms with Crippen LogP contribution in [-0.4, -0.2) is 15.0 Å². The molecule has 3 nitrogen and oxygen atoms in total. The highest BCUT2D eigenvalue weighted by Gasteiger charge is 2.20. The highest BCUT2D eigenvalue weighted by molar-refractivity contribution is 5.64. The Morgan fingerprint density at radius 2 is 0.833 bits per heavy atom. The van der Waals surface area contributed by atoms with Crippen molar-refractivity contribution >= 4 is 0 Å². The minimum Gasteiger partial charge on any atom is -0.254 e. The Morgan fingerprint density at radius 3 is 1.10 bits per heavy atom. The maximum atomic E-state index is 4.95. The van der Waals surface area contributed by atoms with Crippen LogP contribution in [0.1, 0.15) is 79.0 Å². The fourth-order valence-electron chi connectivity index (χ4n) is 3.20.